The second-order valence-corrected chi connectivity index (χ2v) is 3.55. The molecule has 0 heterocycles. The molecular weight excluding hydrogens is 189 g/mol. The van der Waals surface area contributed by atoms with Gasteiger partial charge in [-0.3, -0.25) is 0 Å². The molecule has 0 saturated carbocycles. The third-order valence-electron chi connectivity index (χ3n) is 2.09. The Bertz CT molecular complexity index is 288. The van der Waals surface area contributed by atoms with E-state index in [0.717, 1.165) is 12.0 Å². The van der Waals surface area contributed by atoms with Crippen LogP contribution in [-0.4, -0.2) is 6.54 Å². The lowest BCUT2D eigenvalue weighted by atomic mass is 9.98. The first-order valence-corrected chi connectivity index (χ1v) is 4.68. The lowest BCUT2D eigenvalue weighted by Gasteiger charge is -2.11. The van der Waals surface area contributed by atoms with Crippen molar-refractivity contribution in [2.24, 2.45) is 5.73 Å². The highest BCUT2D eigenvalue weighted by molar-refractivity contribution is 6.31. The molecule has 0 spiro atoms. The fourth-order valence-corrected chi connectivity index (χ4v) is 1.66. The number of hydrogen-bond donors (Lipinski definition) is 1. The lowest BCUT2D eigenvalue weighted by molar-refractivity contribution is 0.623. The van der Waals surface area contributed by atoms with E-state index in [1.165, 1.54) is 12.1 Å². The molecule has 1 aromatic rings. The molecule has 2 N–H and O–H groups in total. The van der Waals surface area contributed by atoms with Crippen molar-refractivity contribution in [3.63, 3.8) is 0 Å². The van der Waals surface area contributed by atoms with Crippen molar-refractivity contribution >= 4 is 11.6 Å². The quantitative estimate of drug-likeness (QED) is 0.800. The zero-order valence-corrected chi connectivity index (χ0v) is 8.31. The monoisotopic (exact) mass is 201 g/mol. The van der Waals surface area contributed by atoms with Crippen molar-refractivity contribution in [3.8, 4) is 0 Å². The molecule has 1 nitrogen and oxygen atoms in total. The van der Waals surface area contributed by atoms with E-state index in [2.05, 4.69) is 0 Å². The Kier molecular flexibility index (Phi) is 3.70. The molecule has 0 aromatic heterocycles. The van der Waals surface area contributed by atoms with E-state index in [4.69, 9.17) is 17.3 Å². The predicted octanol–water partition coefficient (Wildman–Crippen LogP) is 2.93. The molecule has 0 fully saturated rings. The first-order valence-electron chi connectivity index (χ1n) is 4.30. The second kappa shape index (κ2) is 4.58. The molecule has 13 heavy (non-hydrogen) atoms. The fourth-order valence-electron chi connectivity index (χ4n) is 1.31. The van der Waals surface area contributed by atoms with E-state index >= 15 is 0 Å². The Hall–Kier alpha value is -0.600. The highest BCUT2D eigenvalue weighted by Crippen LogP contribution is 2.26. The van der Waals surface area contributed by atoms with E-state index in [1.54, 1.807) is 6.07 Å². The van der Waals surface area contributed by atoms with Crippen LogP contribution in [0, 0.1) is 5.82 Å². The standard InChI is InChI=1S/C10H13ClFN/c1-7(4-5-13)9-3-2-8(12)6-10(9)11/h2-3,6-7H,4-5,13H2,1H3. The fraction of sp³-hybridized carbons (Fsp3) is 0.400. The maximum atomic E-state index is 12.7. The number of rotatable bonds is 3. The minimum Gasteiger partial charge on any atom is -0.330 e. The van der Waals surface area contributed by atoms with Crippen LogP contribution in [0.15, 0.2) is 18.2 Å². The number of benzene rings is 1. The summed E-state index contributed by atoms with van der Waals surface area (Å²) in [7, 11) is 0. The minimum absolute atomic E-state index is 0.290. The summed E-state index contributed by atoms with van der Waals surface area (Å²) in [6, 6.07) is 4.48. The summed E-state index contributed by atoms with van der Waals surface area (Å²) in [5.41, 5.74) is 6.40. The minimum atomic E-state index is -0.298. The molecule has 1 unspecified atom stereocenters. The van der Waals surface area contributed by atoms with Crippen molar-refractivity contribution < 1.29 is 4.39 Å². The van der Waals surface area contributed by atoms with Crippen LogP contribution in [0.25, 0.3) is 0 Å². The predicted molar refractivity (Wildman–Crippen MR) is 53.5 cm³/mol. The molecule has 0 aliphatic heterocycles. The molecule has 0 saturated heterocycles. The van der Waals surface area contributed by atoms with Gasteiger partial charge in [-0.1, -0.05) is 24.6 Å². The van der Waals surface area contributed by atoms with Gasteiger partial charge in [0.25, 0.3) is 0 Å². The van der Waals surface area contributed by atoms with Crippen LogP contribution in [0.3, 0.4) is 0 Å². The van der Waals surface area contributed by atoms with Gasteiger partial charge in [0, 0.05) is 5.02 Å². The van der Waals surface area contributed by atoms with Gasteiger partial charge in [0.05, 0.1) is 0 Å². The molecule has 1 rings (SSSR count). The summed E-state index contributed by atoms with van der Waals surface area (Å²) < 4.78 is 12.7. The Morgan fingerprint density at radius 2 is 2.23 bits per heavy atom. The molecular formula is C10H13ClFN. The molecule has 0 aliphatic rings. The summed E-state index contributed by atoms with van der Waals surface area (Å²) >= 11 is 5.88. The molecule has 0 amide bonds. The topological polar surface area (TPSA) is 26.0 Å². The number of nitrogens with two attached hydrogens (primary N) is 1. The summed E-state index contributed by atoms with van der Waals surface area (Å²) in [6.45, 7) is 2.65. The van der Waals surface area contributed by atoms with Crippen LogP contribution in [0.4, 0.5) is 4.39 Å². The van der Waals surface area contributed by atoms with Crippen molar-refractivity contribution in [1.29, 1.82) is 0 Å². The Morgan fingerprint density at radius 1 is 1.54 bits per heavy atom. The average Bonchev–Trinajstić information content (AvgIpc) is 2.04. The van der Waals surface area contributed by atoms with Crippen LogP contribution in [0.2, 0.25) is 5.02 Å². The third kappa shape index (κ3) is 2.68. The van der Waals surface area contributed by atoms with E-state index < -0.39 is 0 Å². The largest absolute Gasteiger partial charge is 0.330 e. The SMILES string of the molecule is CC(CCN)c1ccc(F)cc1Cl. The lowest BCUT2D eigenvalue weighted by Crippen LogP contribution is -2.05. The number of hydrogen-bond acceptors (Lipinski definition) is 1. The van der Waals surface area contributed by atoms with Crippen LogP contribution in [-0.2, 0) is 0 Å². The van der Waals surface area contributed by atoms with Crippen molar-refractivity contribution in [3.05, 3.63) is 34.6 Å². The highest BCUT2D eigenvalue weighted by atomic mass is 35.5. The Balaban J connectivity index is 2.88. The van der Waals surface area contributed by atoms with Gasteiger partial charge >= 0.3 is 0 Å². The van der Waals surface area contributed by atoms with Gasteiger partial charge in [-0.15, -0.1) is 0 Å². The number of halogens is 2. The van der Waals surface area contributed by atoms with Gasteiger partial charge in [-0.2, -0.15) is 0 Å². The van der Waals surface area contributed by atoms with Crippen LogP contribution >= 0.6 is 11.6 Å². The van der Waals surface area contributed by atoms with Gasteiger partial charge < -0.3 is 5.73 Å². The van der Waals surface area contributed by atoms with Gasteiger partial charge in [0.2, 0.25) is 0 Å². The van der Waals surface area contributed by atoms with Crippen molar-refractivity contribution in [2.45, 2.75) is 19.3 Å². The molecule has 0 bridgehead atoms. The maximum absolute atomic E-state index is 12.7. The van der Waals surface area contributed by atoms with Gasteiger partial charge in [-0.05, 0) is 36.6 Å². The van der Waals surface area contributed by atoms with Crippen LogP contribution < -0.4 is 5.73 Å². The molecule has 1 aromatic carbocycles. The average molecular weight is 202 g/mol. The van der Waals surface area contributed by atoms with E-state index in [1.807, 2.05) is 6.92 Å². The zero-order valence-electron chi connectivity index (χ0n) is 7.56. The van der Waals surface area contributed by atoms with Crippen LogP contribution in [0.1, 0.15) is 24.8 Å². The molecule has 1 atom stereocenters. The third-order valence-corrected chi connectivity index (χ3v) is 2.42. The summed E-state index contributed by atoms with van der Waals surface area (Å²) in [5, 5.41) is 0.487. The van der Waals surface area contributed by atoms with E-state index in [-0.39, 0.29) is 11.7 Å². The van der Waals surface area contributed by atoms with E-state index in [0.29, 0.717) is 11.6 Å². The Morgan fingerprint density at radius 3 is 2.77 bits per heavy atom. The first kappa shape index (κ1) is 10.5. The molecule has 0 radical (unpaired) electrons. The molecule has 3 heteroatoms. The van der Waals surface area contributed by atoms with Crippen LogP contribution in [0.5, 0.6) is 0 Å². The first-order chi connectivity index (χ1) is 6.15. The zero-order chi connectivity index (χ0) is 9.84. The van der Waals surface area contributed by atoms with Gasteiger partial charge in [0.1, 0.15) is 5.82 Å². The normalized spacial score (nSPS) is 12.9. The van der Waals surface area contributed by atoms with E-state index in [9.17, 15) is 4.39 Å². The molecule has 72 valence electrons. The summed E-state index contributed by atoms with van der Waals surface area (Å²) in [4.78, 5) is 0. The smallest absolute Gasteiger partial charge is 0.124 e. The maximum Gasteiger partial charge on any atom is 0.124 e. The summed E-state index contributed by atoms with van der Waals surface area (Å²) in [6.07, 6.45) is 0.866. The van der Waals surface area contributed by atoms with Gasteiger partial charge in [-0.25, -0.2) is 4.39 Å². The second-order valence-electron chi connectivity index (χ2n) is 3.14. The Labute approximate surface area is 82.7 Å². The molecule has 0 aliphatic carbocycles. The van der Waals surface area contributed by atoms with Crippen molar-refractivity contribution in [2.75, 3.05) is 6.54 Å². The highest BCUT2D eigenvalue weighted by Gasteiger charge is 2.09. The van der Waals surface area contributed by atoms with Crippen molar-refractivity contribution in [1.82, 2.24) is 0 Å². The summed E-state index contributed by atoms with van der Waals surface area (Å²) in [5.74, 6) is -0.00759. The van der Waals surface area contributed by atoms with Gasteiger partial charge in [0.15, 0.2) is 0 Å².